The minimum atomic E-state index is -3.85. The third-order valence-electron chi connectivity index (χ3n) is 7.77. The van der Waals surface area contributed by atoms with Crippen molar-refractivity contribution in [3.8, 4) is 0 Å². The fourth-order valence-electron chi connectivity index (χ4n) is 6.10. The zero-order valence-corrected chi connectivity index (χ0v) is 19.9. The van der Waals surface area contributed by atoms with E-state index in [1.54, 1.807) is 17.0 Å². The van der Waals surface area contributed by atoms with Crippen molar-refractivity contribution >= 4 is 33.2 Å². The molecule has 0 aromatic heterocycles. The second kappa shape index (κ2) is 8.47. The number of hydrogen-bond donors (Lipinski definition) is 0. The highest BCUT2D eigenvalue weighted by Gasteiger charge is 2.46. The Labute approximate surface area is 195 Å². The predicted octanol–water partition coefficient (Wildman–Crippen LogP) is 4.74. The Hall–Kier alpha value is -1.89. The average Bonchev–Trinajstić information content (AvgIpc) is 3.52. The molecule has 0 spiro atoms. The van der Waals surface area contributed by atoms with Crippen molar-refractivity contribution in [2.75, 3.05) is 18.0 Å². The van der Waals surface area contributed by atoms with E-state index in [1.165, 1.54) is 35.7 Å². The first-order valence-corrected chi connectivity index (χ1v) is 13.3. The molecule has 2 aromatic carbocycles. The Bertz CT molecular complexity index is 1120. The quantitative estimate of drug-likeness (QED) is 0.609. The highest BCUT2D eigenvalue weighted by Crippen LogP contribution is 2.50. The molecular weight excluding hydrogens is 444 g/mol. The summed E-state index contributed by atoms with van der Waals surface area (Å²) in [5.74, 6) is 1.39. The van der Waals surface area contributed by atoms with Crippen LogP contribution in [-0.2, 0) is 21.2 Å². The number of fused-ring (bicyclic) bond motifs is 3. The summed E-state index contributed by atoms with van der Waals surface area (Å²) in [6.45, 7) is 2.44. The summed E-state index contributed by atoms with van der Waals surface area (Å²) in [6.07, 6.45) is 5.47. The van der Waals surface area contributed by atoms with Gasteiger partial charge < -0.3 is 4.90 Å². The molecule has 7 heteroatoms. The second-order valence-electron chi connectivity index (χ2n) is 9.51. The molecule has 3 aliphatic rings. The third kappa shape index (κ3) is 3.87. The maximum atomic E-state index is 13.8. The normalized spacial score (nSPS) is 25.3. The molecule has 5 rings (SSSR count). The van der Waals surface area contributed by atoms with Crippen LogP contribution in [0, 0.1) is 17.8 Å². The van der Waals surface area contributed by atoms with Gasteiger partial charge in [-0.2, -0.15) is 4.31 Å². The van der Waals surface area contributed by atoms with Crippen LogP contribution in [0.15, 0.2) is 53.4 Å². The molecule has 2 bridgehead atoms. The van der Waals surface area contributed by atoms with Crippen LogP contribution < -0.4 is 4.90 Å². The Morgan fingerprint density at radius 3 is 2.56 bits per heavy atom. The van der Waals surface area contributed by atoms with Crippen LogP contribution in [0.25, 0.3) is 0 Å². The van der Waals surface area contributed by atoms with Crippen molar-refractivity contribution in [3.63, 3.8) is 0 Å². The highest BCUT2D eigenvalue weighted by atomic mass is 35.5. The predicted molar refractivity (Wildman–Crippen MR) is 126 cm³/mol. The molecule has 32 heavy (non-hydrogen) atoms. The van der Waals surface area contributed by atoms with Crippen LogP contribution >= 0.6 is 11.6 Å². The van der Waals surface area contributed by atoms with Gasteiger partial charge in [-0.05, 0) is 86.3 Å². The molecule has 2 fully saturated rings. The van der Waals surface area contributed by atoms with E-state index in [2.05, 4.69) is 0 Å². The lowest BCUT2D eigenvalue weighted by Crippen LogP contribution is -2.49. The second-order valence-corrected chi connectivity index (χ2v) is 11.8. The Morgan fingerprint density at radius 2 is 1.88 bits per heavy atom. The van der Waals surface area contributed by atoms with Crippen molar-refractivity contribution < 1.29 is 13.2 Å². The number of halogens is 1. The lowest BCUT2D eigenvalue weighted by Gasteiger charge is -2.36. The van der Waals surface area contributed by atoms with Gasteiger partial charge >= 0.3 is 0 Å². The van der Waals surface area contributed by atoms with Crippen molar-refractivity contribution in [2.24, 2.45) is 17.8 Å². The standard InChI is InChI=1S/C25H29ClN2O3S/c1-17(23-15-18-6-7-20(23)14-18)28(32(30,31)22-10-8-21(26)9-11-22)16-25(29)27-13-12-19-4-2-3-5-24(19)27/h2-5,8-11,17-18,20,23H,6-7,12-16H2,1H3/t17-,18-,20-,23+/m0/s1. The first-order valence-electron chi connectivity index (χ1n) is 11.5. The number of amides is 1. The first-order chi connectivity index (χ1) is 15.3. The number of carbonyl (C=O) groups excluding carboxylic acids is 1. The van der Waals surface area contributed by atoms with Crippen molar-refractivity contribution in [2.45, 2.75) is 50.0 Å². The number of para-hydroxylation sites is 1. The topological polar surface area (TPSA) is 57.7 Å². The van der Waals surface area contributed by atoms with Gasteiger partial charge in [0.1, 0.15) is 0 Å². The van der Waals surface area contributed by atoms with Gasteiger partial charge in [0.15, 0.2) is 0 Å². The summed E-state index contributed by atoms with van der Waals surface area (Å²) >= 11 is 6.00. The molecule has 0 saturated heterocycles. The van der Waals surface area contributed by atoms with Crippen LogP contribution in [-0.4, -0.2) is 37.8 Å². The monoisotopic (exact) mass is 472 g/mol. The minimum Gasteiger partial charge on any atom is -0.311 e. The number of sulfonamides is 1. The van der Waals surface area contributed by atoms with Gasteiger partial charge in [-0.25, -0.2) is 8.42 Å². The number of rotatable bonds is 6. The maximum absolute atomic E-state index is 13.8. The van der Waals surface area contributed by atoms with E-state index in [1.807, 2.05) is 31.2 Å². The summed E-state index contributed by atoms with van der Waals surface area (Å²) in [6, 6.07) is 13.9. The minimum absolute atomic E-state index is 0.144. The fourth-order valence-corrected chi connectivity index (χ4v) is 7.86. The van der Waals surface area contributed by atoms with Gasteiger partial charge in [0.05, 0.1) is 11.4 Å². The van der Waals surface area contributed by atoms with Crippen LogP contribution in [0.4, 0.5) is 5.69 Å². The van der Waals surface area contributed by atoms with E-state index < -0.39 is 10.0 Å². The fraction of sp³-hybridized carbons (Fsp3) is 0.480. The van der Waals surface area contributed by atoms with E-state index in [9.17, 15) is 13.2 Å². The Kier molecular flexibility index (Phi) is 5.81. The zero-order chi connectivity index (χ0) is 22.5. The van der Waals surface area contributed by atoms with Gasteiger partial charge in [0.2, 0.25) is 15.9 Å². The molecule has 2 aliphatic carbocycles. The Morgan fingerprint density at radius 1 is 1.12 bits per heavy atom. The van der Waals surface area contributed by atoms with E-state index in [0.717, 1.165) is 24.1 Å². The number of anilines is 1. The first kappa shape index (κ1) is 21.9. The summed E-state index contributed by atoms with van der Waals surface area (Å²) in [5.41, 5.74) is 2.03. The summed E-state index contributed by atoms with van der Waals surface area (Å²) < 4.78 is 29.0. The van der Waals surface area contributed by atoms with Crippen LogP contribution in [0.1, 0.15) is 38.2 Å². The van der Waals surface area contributed by atoms with E-state index in [4.69, 9.17) is 11.6 Å². The van der Waals surface area contributed by atoms with Gasteiger partial charge in [-0.15, -0.1) is 0 Å². The summed E-state index contributed by atoms with van der Waals surface area (Å²) in [7, 11) is -3.85. The largest absolute Gasteiger partial charge is 0.311 e. The average molecular weight is 473 g/mol. The molecule has 0 radical (unpaired) electrons. The molecule has 1 aliphatic heterocycles. The number of carbonyl (C=O) groups is 1. The lowest BCUT2D eigenvalue weighted by molar-refractivity contribution is -0.119. The van der Waals surface area contributed by atoms with E-state index in [-0.39, 0.29) is 23.4 Å². The molecule has 2 saturated carbocycles. The van der Waals surface area contributed by atoms with Crippen molar-refractivity contribution in [3.05, 3.63) is 59.1 Å². The molecule has 1 heterocycles. The molecular formula is C25H29ClN2O3S. The molecule has 2 aromatic rings. The van der Waals surface area contributed by atoms with Crippen molar-refractivity contribution in [1.82, 2.24) is 4.31 Å². The summed E-state index contributed by atoms with van der Waals surface area (Å²) in [5, 5.41) is 0.487. The van der Waals surface area contributed by atoms with Gasteiger partial charge in [-0.1, -0.05) is 36.2 Å². The van der Waals surface area contributed by atoms with Crippen LogP contribution in [0.5, 0.6) is 0 Å². The zero-order valence-electron chi connectivity index (χ0n) is 18.3. The molecule has 0 unspecified atom stereocenters. The number of nitrogens with zero attached hydrogens (tertiary/aromatic N) is 2. The highest BCUT2D eigenvalue weighted by molar-refractivity contribution is 7.89. The van der Waals surface area contributed by atoms with Crippen molar-refractivity contribution in [1.29, 1.82) is 0 Å². The van der Waals surface area contributed by atoms with Crippen LogP contribution in [0.3, 0.4) is 0 Å². The smallest absolute Gasteiger partial charge is 0.243 e. The SMILES string of the molecule is C[C@@H]([C@H]1C[C@H]2CC[C@H]1C2)N(CC(=O)N1CCc2ccccc21)S(=O)(=O)c1ccc(Cl)cc1. The van der Waals surface area contributed by atoms with Crippen LogP contribution in [0.2, 0.25) is 5.02 Å². The van der Waals surface area contributed by atoms with Gasteiger partial charge in [-0.3, -0.25) is 4.79 Å². The molecule has 4 atom stereocenters. The maximum Gasteiger partial charge on any atom is 0.243 e. The van der Waals surface area contributed by atoms with Gasteiger partial charge in [0, 0.05) is 23.3 Å². The number of hydrogen-bond acceptors (Lipinski definition) is 3. The molecule has 170 valence electrons. The molecule has 1 amide bonds. The molecule has 0 N–H and O–H groups in total. The third-order valence-corrected chi connectivity index (χ3v) is 9.97. The van der Waals surface area contributed by atoms with Gasteiger partial charge in [0.25, 0.3) is 0 Å². The molecule has 5 nitrogen and oxygen atoms in total. The number of benzene rings is 2. The van der Waals surface area contributed by atoms with E-state index in [0.29, 0.717) is 29.3 Å². The lowest BCUT2D eigenvalue weighted by atomic mass is 9.84. The van der Waals surface area contributed by atoms with E-state index >= 15 is 0 Å². The Balaban J connectivity index is 1.45. The summed E-state index contributed by atoms with van der Waals surface area (Å²) in [4.78, 5) is 15.4.